The van der Waals surface area contributed by atoms with Gasteiger partial charge in [0.2, 0.25) is 0 Å². The fraction of sp³-hybridized carbons (Fsp3) is 0.100. The lowest BCUT2D eigenvalue weighted by Crippen LogP contribution is -2.15. The van der Waals surface area contributed by atoms with Crippen LogP contribution in [0.1, 0.15) is 16.7 Å². The molecular weight excluding hydrogens is 504 g/mol. The maximum atomic E-state index is 13.9. The summed E-state index contributed by atoms with van der Waals surface area (Å²) in [6.45, 7) is 5.84. The fourth-order valence-electron chi connectivity index (χ4n) is 4.08. The lowest BCUT2D eigenvalue weighted by atomic mass is 10.2. The van der Waals surface area contributed by atoms with Gasteiger partial charge >= 0.3 is 15.7 Å². The van der Waals surface area contributed by atoms with Crippen LogP contribution in [0.5, 0.6) is 0 Å². The Kier molecular flexibility index (Phi) is 6.54. The minimum atomic E-state index is -4.22. The highest BCUT2D eigenvalue weighted by molar-refractivity contribution is 8.33. The van der Waals surface area contributed by atoms with E-state index in [9.17, 15) is 13.2 Å². The molecule has 0 saturated heterocycles. The molecule has 0 unspecified atom stereocenters. The molecule has 0 radical (unpaired) electrons. The first-order valence-electron chi connectivity index (χ1n) is 11.7. The van der Waals surface area contributed by atoms with Crippen molar-refractivity contribution in [3.05, 3.63) is 130 Å². The highest BCUT2D eigenvalue weighted by Crippen LogP contribution is 2.70. The Bertz CT molecular complexity index is 1690. The molecule has 0 N–H and O–H groups in total. The van der Waals surface area contributed by atoms with Crippen LogP contribution in [0, 0.1) is 20.8 Å². The zero-order valence-electron chi connectivity index (χ0n) is 20.7. The van der Waals surface area contributed by atoms with Gasteiger partial charge in [-0.2, -0.15) is 8.42 Å². The maximum Gasteiger partial charge on any atom is 0.336 e. The molecule has 5 rings (SSSR count). The summed E-state index contributed by atoms with van der Waals surface area (Å²) in [5, 5.41) is 0.728. The van der Waals surface area contributed by atoms with E-state index in [4.69, 9.17) is 8.05 Å². The van der Waals surface area contributed by atoms with E-state index in [0.717, 1.165) is 22.1 Å². The van der Waals surface area contributed by atoms with Gasteiger partial charge in [-0.05, 0) is 85.7 Å². The minimum absolute atomic E-state index is 0.0709. The molecule has 5 nitrogen and oxygen atoms in total. The quantitative estimate of drug-likeness (QED) is 0.215. The first kappa shape index (κ1) is 25.0. The van der Waals surface area contributed by atoms with Crippen molar-refractivity contribution >= 4 is 31.4 Å². The van der Waals surface area contributed by atoms with E-state index in [0.29, 0.717) is 20.3 Å². The van der Waals surface area contributed by atoms with E-state index < -0.39 is 26.1 Å². The number of fused-ring (bicyclic) bond motifs is 1. The molecule has 0 saturated carbocycles. The first-order valence-corrected chi connectivity index (χ1v) is 14.7. The van der Waals surface area contributed by atoms with Crippen LogP contribution in [0.3, 0.4) is 0 Å². The van der Waals surface area contributed by atoms with Crippen molar-refractivity contribution in [2.45, 2.75) is 40.4 Å². The minimum Gasteiger partial charge on any atom is -0.423 e. The van der Waals surface area contributed by atoms with Gasteiger partial charge in [-0.15, -0.1) is 0 Å². The third kappa shape index (κ3) is 4.85. The Morgan fingerprint density at radius 2 is 1.00 bits per heavy atom. The molecule has 5 aromatic rings. The molecule has 0 spiro atoms. The molecule has 1 aromatic heterocycles. The summed E-state index contributed by atoms with van der Waals surface area (Å²) < 4.78 is 39.6. The van der Waals surface area contributed by atoms with E-state index >= 15 is 0 Å². The molecule has 0 aliphatic carbocycles. The molecule has 0 fully saturated rings. The van der Waals surface area contributed by atoms with Gasteiger partial charge < -0.3 is 4.42 Å². The second-order valence-corrected chi connectivity index (χ2v) is 13.4. The van der Waals surface area contributed by atoms with Crippen LogP contribution >= 0.6 is 10.3 Å². The van der Waals surface area contributed by atoms with Crippen LogP contribution in [-0.2, 0) is 13.7 Å². The predicted molar refractivity (Wildman–Crippen MR) is 147 cm³/mol. The highest BCUT2D eigenvalue weighted by Gasteiger charge is 2.38. The molecule has 0 amide bonds. The monoisotopic (exact) mass is 530 g/mol. The SMILES string of the molecule is Cc1ccc(S(OS(=O)(=O)c2ccc(C)cc2)(c2ccc(C)cc2)c2ccc3ccc(=O)oc3c2)cc1. The molecule has 4 aromatic carbocycles. The van der Waals surface area contributed by atoms with Crippen molar-refractivity contribution < 1.29 is 16.5 Å². The largest absolute Gasteiger partial charge is 0.423 e. The normalized spacial score (nSPS) is 12.5. The molecule has 188 valence electrons. The Morgan fingerprint density at radius 1 is 0.568 bits per heavy atom. The number of rotatable bonds is 6. The lowest BCUT2D eigenvalue weighted by Gasteiger charge is -2.39. The molecule has 0 bridgehead atoms. The Hall–Kier alpha value is -3.65. The van der Waals surface area contributed by atoms with Crippen LogP contribution in [0.15, 0.2) is 132 Å². The average Bonchev–Trinajstić information content (AvgIpc) is 2.88. The highest BCUT2D eigenvalue weighted by atomic mass is 32.3. The average molecular weight is 531 g/mol. The molecule has 0 aliphatic rings. The molecule has 0 aliphatic heterocycles. The zero-order valence-corrected chi connectivity index (χ0v) is 22.3. The standard InChI is InChI=1S/C30H26O5S2/c1-21-4-12-25(13-5-21)36(26-14-6-22(2)7-15-26,35-37(32,33)27-16-8-23(3)9-17-27)28-18-10-24-11-19-30(31)34-29(24)20-28/h4-20H,1-3H3. The maximum absolute atomic E-state index is 13.9. The summed E-state index contributed by atoms with van der Waals surface area (Å²) in [4.78, 5) is 14.1. The van der Waals surface area contributed by atoms with Gasteiger partial charge in [0.25, 0.3) is 0 Å². The van der Waals surface area contributed by atoms with Crippen LogP contribution in [-0.4, -0.2) is 8.42 Å². The summed E-state index contributed by atoms with van der Waals surface area (Å²) >= 11 is 0. The van der Waals surface area contributed by atoms with Crippen molar-refractivity contribution in [2.24, 2.45) is 0 Å². The second-order valence-electron chi connectivity index (χ2n) is 8.97. The van der Waals surface area contributed by atoms with Crippen molar-refractivity contribution in [2.75, 3.05) is 0 Å². The van der Waals surface area contributed by atoms with E-state index in [1.54, 1.807) is 36.4 Å². The Balaban J connectivity index is 1.84. The third-order valence-corrected chi connectivity index (χ3v) is 11.3. The predicted octanol–water partition coefficient (Wildman–Crippen LogP) is 7.32. The van der Waals surface area contributed by atoms with Crippen molar-refractivity contribution in [1.29, 1.82) is 0 Å². The number of benzene rings is 4. The van der Waals surface area contributed by atoms with Crippen molar-refractivity contribution in [1.82, 2.24) is 0 Å². The summed E-state index contributed by atoms with van der Waals surface area (Å²) in [5.74, 6) is 0. The number of hydrogen-bond donors (Lipinski definition) is 0. The van der Waals surface area contributed by atoms with Gasteiger partial charge in [-0.1, -0.05) is 59.2 Å². The van der Waals surface area contributed by atoms with E-state index in [1.165, 1.54) is 6.07 Å². The van der Waals surface area contributed by atoms with Gasteiger partial charge in [0.1, 0.15) is 5.58 Å². The zero-order chi connectivity index (χ0) is 26.2. The fourth-order valence-corrected chi connectivity index (χ4v) is 9.27. The molecule has 0 atom stereocenters. The number of hydrogen-bond acceptors (Lipinski definition) is 5. The first-order chi connectivity index (χ1) is 17.7. The van der Waals surface area contributed by atoms with Gasteiger partial charge in [-0.3, -0.25) is 0 Å². The van der Waals surface area contributed by atoms with Crippen molar-refractivity contribution in [3.63, 3.8) is 0 Å². The molecule has 1 heterocycles. The smallest absolute Gasteiger partial charge is 0.336 e. The summed E-state index contributed by atoms with van der Waals surface area (Å²) in [6, 6.07) is 30.4. The van der Waals surface area contributed by atoms with Crippen LogP contribution in [0.25, 0.3) is 11.0 Å². The topological polar surface area (TPSA) is 73.6 Å². The Labute approximate surface area is 218 Å². The summed E-state index contributed by atoms with van der Waals surface area (Å²) in [5.41, 5.74) is 2.89. The molecule has 37 heavy (non-hydrogen) atoms. The van der Waals surface area contributed by atoms with E-state index in [1.807, 2.05) is 81.4 Å². The van der Waals surface area contributed by atoms with Gasteiger partial charge in [-0.25, -0.2) is 8.42 Å². The van der Waals surface area contributed by atoms with Gasteiger partial charge in [0.05, 0.1) is 4.90 Å². The van der Waals surface area contributed by atoms with Crippen LogP contribution in [0.2, 0.25) is 0 Å². The third-order valence-electron chi connectivity index (χ3n) is 6.13. The van der Waals surface area contributed by atoms with E-state index in [2.05, 4.69) is 0 Å². The van der Waals surface area contributed by atoms with Crippen LogP contribution < -0.4 is 5.63 Å². The van der Waals surface area contributed by atoms with E-state index in [-0.39, 0.29) is 4.90 Å². The Morgan fingerprint density at radius 3 is 1.51 bits per heavy atom. The van der Waals surface area contributed by atoms with Gasteiger partial charge in [0, 0.05) is 26.1 Å². The second kappa shape index (κ2) is 9.67. The van der Waals surface area contributed by atoms with Crippen molar-refractivity contribution in [3.8, 4) is 0 Å². The lowest BCUT2D eigenvalue weighted by molar-refractivity contribution is 0.508. The number of aryl methyl sites for hydroxylation is 3. The molecular formula is C30H26O5S2. The van der Waals surface area contributed by atoms with Gasteiger partial charge in [0.15, 0.2) is 0 Å². The molecule has 7 heteroatoms. The van der Waals surface area contributed by atoms with Crippen LogP contribution in [0.4, 0.5) is 0 Å². The summed E-state index contributed by atoms with van der Waals surface area (Å²) in [6.07, 6.45) is 0. The summed E-state index contributed by atoms with van der Waals surface area (Å²) in [7, 11) is -7.05.